The van der Waals surface area contributed by atoms with Crippen molar-refractivity contribution in [3.63, 3.8) is 0 Å². The molecule has 6 nitrogen and oxygen atoms in total. The first-order chi connectivity index (χ1) is 10.2. The lowest BCUT2D eigenvalue weighted by Gasteiger charge is -1.99. The van der Waals surface area contributed by atoms with Gasteiger partial charge in [0.25, 0.3) is 0 Å². The van der Waals surface area contributed by atoms with Crippen molar-refractivity contribution in [2.45, 2.75) is 0 Å². The third-order valence-electron chi connectivity index (χ3n) is 3.37. The molecule has 0 saturated heterocycles. The summed E-state index contributed by atoms with van der Waals surface area (Å²) < 4.78 is 10.6. The summed E-state index contributed by atoms with van der Waals surface area (Å²) in [4.78, 5) is 18.6. The highest BCUT2D eigenvalue weighted by Gasteiger charge is 2.15. The zero-order valence-electron chi connectivity index (χ0n) is 10.8. The first-order valence-corrected chi connectivity index (χ1v) is 6.34. The molecule has 1 aromatic heterocycles. The summed E-state index contributed by atoms with van der Waals surface area (Å²) in [6, 6.07) is 10.3. The third kappa shape index (κ3) is 1.88. The summed E-state index contributed by atoms with van der Waals surface area (Å²) >= 11 is 0. The van der Waals surface area contributed by atoms with Gasteiger partial charge >= 0.3 is 5.97 Å². The third-order valence-corrected chi connectivity index (χ3v) is 3.37. The molecular weight excluding hydrogens is 272 g/mol. The molecule has 0 aliphatic carbocycles. The van der Waals surface area contributed by atoms with Crippen molar-refractivity contribution in [2.75, 3.05) is 6.79 Å². The number of hydrogen-bond donors (Lipinski definition) is 2. The Morgan fingerprint density at radius 1 is 1.14 bits per heavy atom. The van der Waals surface area contributed by atoms with Crippen molar-refractivity contribution in [1.29, 1.82) is 0 Å². The Morgan fingerprint density at radius 2 is 2.00 bits per heavy atom. The maximum atomic E-state index is 11.0. The number of carboxylic acid groups (broad SMARTS) is 1. The maximum Gasteiger partial charge on any atom is 0.335 e. The molecule has 3 aromatic rings. The minimum atomic E-state index is -0.962. The standard InChI is InChI=1S/C15H10N2O4/c18-15(19)9-1-3-10-11(5-9)17-14(16-10)8-2-4-12-13(6-8)21-7-20-12/h1-6H,7H2,(H,16,17)(H,18,19). The van der Waals surface area contributed by atoms with Gasteiger partial charge in [-0.1, -0.05) is 0 Å². The smallest absolute Gasteiger partial charge is 0.335 e. The number of imidazole rings is 1. The van der Waals surface area contributed by atoms with Gasteiger partial charge in [0.2, 0.25) is 6.79 Å². The van der Waals surface area contributed by atoms with Gasteiger partial charge in [-0.2, -0.15) is 0 Å². The van der Waals surface area contributed by atoms with Crippen LogP contribution in [-0.4, -0.2) is 27.8 Å². The van der Waals surface area contributed by atoms with Crippen LogP contribution in [0.25, 0.3) is 22.4 Å². The fourth-order valence-electron chi connectivity index (χ4n) is 2.32. The number of nitrogens with one attached hydrogen (secondary N) is 1. The van der Waals surface area contributed by atoms with Gasteiger partial charge in [0, 0.05) is 5.56 Å². The Labute approximate surface area is 119 Å². The van der Waals surface area contributed by atoms with E-state index in [2.05, 4.69) is 9.97 Å². The first-order valence-electron chi connectivity index (χ1n) is 6.34. The molecule has 0 spiro atoms. The van der Waals surface area contributed by atoms with E-state index in [-0.39, 0.29) is 12.4 Å². The Bertz CT molecular complexity index is 869. The van der Waals surface area contributed by atoms with Crippen LogP contribution in [0.1, 0.15) is 10.4 Å². The van der Waals surface area contributed by atoms with E-state index in [1.165, 1.54) is 6.07 Å². The van der Waals surface area contributed by atoms with Crippen LogP contribution in [0.3, 0.4) is 0 Å². The topological polar surface area (TPSA) is 84.4 Å². The Balaban J connectivity index is 1.81. The largest absolute Gasteiger partial charge is 0.478 e. The summed E-state index contributed by atoms with van der Waals surface area (Å²) in [7, 11) is 0. The minimum absolute atomic E-state index is 0.223. The molecule has 2 N–H and O–H groups in total. The number of fused-ring (bicyclic) bond motifs is 2. The summed E-state index contributed by atoms with van der Waals surface area (Å²) in [6.07, 6.45) is 0. The summed E-state index contributed by atoms with van der Waals surface area (Å²) in [5, 5.41) is 9.01. The van der Waals surface area contributed by atoms with Crippen LogP contribution in [0, 0.1) is 0 Å². The van der Waals surface area contributed by atoms with Gasteiger partial charge in [0.1, 0.15) is 5.82 Å². The lowest BCUT2D eigenvalue weighted by molar-refractivity contribution is 0.0697. The molecule has 6 heteroatoms. The van der Waals surface area contributed by atoms with Crippen LogP contribution in [0.2, 0.25) is 0 Å². The van der Waals surface area contributed by atoms with Crippen LogP contribution in [0.5, 0.6) is 11.5 Å². The van der Waals surface area contributed by atoms with E-state index in [0.717, 1.165) is 5.56 Å². The van der Waals surface area contributed by atoms with Crippen LogP contribution in [0.15, 0.2) is 36.4 Å². The second-order valence-corrected chi connectivity index (χ2v) is 4.69. The second-order valence-electron chi connectivity index (χ2n) is 4.69. The highest BCUT2D eigenvalue weighted by Crippen LogP contribution is 2.35. The van der Waals surface area contributed by atoms with Crippen LogP contribution in [0.4, 0.5) is 0 Å². The van der Waals surface area contributed by atoms with Gasteiger partial charge in [-0.15, -0.1) is 0 Å². The lowest BCUT2D eigenvalue weighted by atomic mass is 10.2. The van der Waals surface area contributed by atoms with Crippen molar-refractivity contribution < 1.29 is 19.4 Å². The van der Waals surface area contributed by atoms with Crippen molar-refractivity contribution in [1.82, 2.24) is 9.97 Å². The molecule has 104 valence electrons. The summed E-state index contributed by atoms with van der Waals surface area (Å²) in [5.41, 5.74) is 2.48. The highest BCUT2D eigenvalue weighted by molar-refractivity contribution is 5.93. The molecule has 2 aromatic carbocycles. The molecule has 4 rings (SSSR count). The molecule has 2 heterocycles. The Morgan fingerprint density at radius 3 is 2.86 bits per heavy atom. The SMILES string of the molecule is O=C(O)c1ccc2nc(-c3ccc4c(c3)OCO4)[nH]c2c1. The molecule has 0 fully saturated rings. The fraction of sp³-hybridized carbons (Fsp3) is 0.0667. The number of ether oxygens (including phenoxy) is 2. The van der Waals surface area contributed by atoms with E-state index in [1.807, 2.05) is 18.2 Å². The quantitative estimate of drug-likeness (QED) is 0.754. The Kier molecular flexibility index (Phi) is 2.38. The highest BCUT2D eigenvalue weighted by atomic mass is 16.7. The predicted octanol–water partition coefficient (Wildman–Crippen LogP) is 2.66. The molecule has 0 unspecified atom stereocenters. The molecule has 0 radical (unpaired) electrons. The number of aromatic nitrogens is 2. The molecule has 0 saturated carbocycles. The summed E-state index contributed by atoms with van der Waals surface area (Å²) in [5.74, 6) is 1.09. The van der Waals surface area contributed by atoms with Gasteiger partial charge < -0.3 is 19.6 Å². The number of nitrogens with zero attached hydrogens (tertiary/aromatic N) is 1. The van der Waals surface area contributed by atoms with E-state index in [1.54, 1.807) is 12.1 Å². The van der Waals surface area contributed by atoms with Gasteiger partial charge in [-0.05, 0) is 36.4 Å². The number of aromatic amines is 1. The van der Waals surface area contributed by atoms with E-state index < -0.39 is 5.97 Å². The normalized spacial score (nSPS) is 12.8. The average Bonchev–Trinajstić information content (AvgIpc) is 3.11. The monoisotopic (exact) mass is 282 g/mol. The first kappa shape index (κ1) is 11.8. The number of benzene rings is 2. The van der Waals surface area contributed by atoms with Crippen LogP contribution in [-0.2, 0) is 0 Å². The van der Waals surface area contributed by atoms with Crippen molar-refractivity contribution in [3.8, 4) is 22.9 Å². The number of aromatic carboxylic acids is 1. The molecular formula is C15H10N2O4. The van der Waals surface area contributed by atoms with Crippen molar-refractivity contribution in [2.24, 2.45) is 0 Å². The Hall–Kier alpha value is -3.02. The van der Waals surface area contributed by atoms with E-state index >= 15 is 0 Å². The predicted molar refractivity (Wildman–Crippen MR) is 74.6 cm³/mol. The van der Waals surface area contributed by atoms with E-state index in [9.17, 15) is 4.79 Å². The van der Waals surface area contributed by atoms with E-state index in [4.69, 9.17) is 14.6 Å². The lowest BCUT2D eigenvalue weighted by Crippen LogP contribution is -1.94. The van der Waals surface area contributed by atoms with Gasteiger partial charge in [0.15, 0.2) is 11.5 Å². The zero-order valence-corrected chi connectivity index (χ0v) is 10.8. The number of rotatable bonds is 2. The fourth-order valence-corrected chi connectivity index (χ4v) is 2.32. The van der Waals surface area contributed by atoms with Crippen LogP contribution < -0.4 is 9.47 Å². The number of carboxylic acids is 1. The number of hydrogen-bond acceptors (Lipinski definition) is 4. The van der Waals surface area contributed by atoms with Gasteiger partial charge in [-0.3, -0.25) is 0 Å². The van der Waals surface area contributed by atoms with Gasteiger partial charge in [0.05, 0.1) is 16.6 Å². The number of H-pyrrole nitrogens is 1. The molecule has 0 atom stereocenters. The molecule has 0 bridgehead atoms. The van der Waals surface area contributed by atoms with Crippen molar-refractivity contribution >= 4 is 17.0 Å². The zero-order chi connectivity index (χ0) is 14.4. The molecule has 1 aliphatic rings. The minimum Gasteiger partial charge on any atom is -0.478 e. The molecule has 0 amide bonds. The van der Waals surface area contributed by atoms with Crippen molar-refractivity contribution in [3.05, 3.63) is 42.0 Å². The van der Waals surface area contributed by atoms with E-state index in [0.29, 0.717) is 28.4 Å². The van der Waals surface area contributed by atoms with Gasteiger partial charge in [-0.25, -0.2) is 9.78 Å². The molecule has 21 heavy (non-hydrogen) atoms. The number of carbonyl (C=O) groups is 1. The average molecular weight is 282 g/mol. The summed E-state index contributed by atoms with van der Waals surface area (Å²) in [6.45, 7) is 0.223. The second kappa shape index (κ2) is 4.24. The molecule has 1 aliphatic heterocycles. The van der Waals surface area contributed by atoms with Crippen LogP contribution >= 0.6 is 0 Å². The maximum absolute atomic E-state index is 11.0.